The number of halogens is 1. The van der Waals surface area contributed by atoms with E-state index in [1.165, 1.54) is 5.69 Å². The SMILES string of the molecule is CCOC1CCN(c2ccc(CC(C)N)c(Cl)c2)CC1. The molecule has 1 aromatic rings. The highest BCUT2D eigenvalue weighted by atomic mass is 35.5. The van der Waals surface area contributed by atoms with Gasteiger partial charge in [0, 0.05) is 36.4 Å². The lowest BCUT2D eigenvalue weighted by Gasteiger charge is -2.33. The molecule has 2 N–H and O–H groups in total. The molecule has 1 aliphatic rings. The van der Waals surface area contributed by atoms with Gasteiger partial charge in [-0.1, -0.05) is 17.7 Å². The first-order valence-corrected chi connectivity index (χ1v) is 7.88. The Morgan fingerprint density at radius 3 is 2.65 bits per heavy atom. The monoisotopic (exact) mass is 296 g/mol. The zero-order valence-corrected chi connectivity index (χ0v) is 13.2. The molecule has 1 fully saturated rings. The molecule has 0 saturated carbocycles. The summed E-state index contributed by atoms with van der Waals surface area (Å²) in [7, 11) is 0. The minimum absolute atomic E-state index is 0.139. The first-order valence-electron chi connectivity index (χ1n) is 7.50. The van der Waals surface area contributed by atoms with Crippen molar-refractivity contribution < 1.29 is 4.74 Å². The van der Waals surface area contributed by atoms with Gasteiger partial charge < -0.3 is 15.4 Å². The Labute approximate surface area is 127 Å². The van der Waals surface area contributed by atoms with E-state index < -0.39 is 0 Å². The summed E-state index contributed by atoms with van der Waals surface area (Å²) in [6.07, 6.45) is 3.43. The second kappa shape index (κ2) is 7.30. The smallest absolute Gasteiger partial charge is 0.0608 e. The van der Waals surface area contributed by atoms with E-state index in [0.29, 0.717) is 6.10 Å². The van der Waals surface area contributed by atoms with Crippen molar-refractivity contribution in [1.82, 2.24) is 0 Å². The van der Waals surface area contributed by atoms with Gasteiger partial charge in [0.25, 0.3) is 0 Å². The van der Waals surface area contributed by atoms with Crippen LogP contribution in [0.1, 0.15) is 32.3 Å². The standard InChI is InChI=1S/C16H25ClN2O/c1-3-20-15-6-8-19(9-7-15)14-5-4-13(10-12(2)18)16(17)11-14/h4-5,11-12,15H,3,6-10,18H2,1-2H3. The van der Waals surface area contributed by atoms with Gasteiger partial charge in [-0.05, 0) is 50.8 Å². The summed E-state index contributed by atoms with van der Waals surface area (Å²) in [5.41, 5.74) is 8.18. The van der Waals surface area contributed by atoms with E-state index in [2.05, 4.69) is 30.0 Å². The largest absolute Gasteiger partial charge is 0.378 e. The third-order valence-corrected chi connectivity index (χ3v) is 4.14. The van der Waals surface area contributed by atoms with Gasteiger partial charge in [0.1, 0.15) is 0 Å². The first kappa shape index (κ1) is 15.6. The van der Waals surface area contributed by atoms with Crippen molar-refractivity contribution in [2.45, 2.75) is 45.3 Å². The fraction of sp³-hybridized carbons (Fsp3) is 0.625. The van der Waals surface area contributed by atoms with Crippen molar-refractivity contribution >= 4 is 17.3 Å². The summed E-state index contributed by atoms with van der Waals surface area (Å²) in [5, 5.41) is 0.826. The topological polar surface area (TPSA) is 38.5 Å². The molecule has 4 heteroatoms. The van der Waals surface area contributed by atoms with Gasteiger partial charge in [-0.2, -0.15) is 0 Å². The maximum atomic E-state index is 6.36. The Morgan fingerprint density at radius 2 is 2.10 bits per heavy atom. The Hall–Kier alpha value is -0.770. The Kier molecular flexibility index (Phi) is 5.70. The van der Waals surface area contributed by atoms with E-state index in [-0.39, 0.29) is 6.04 Å². The van der Waals surface area contributed by atoms with E-state index >= 15 is 0 Å². The molecule has 112 valence electrons. The fourth-order valence-corrected chi connectivity index (χ4v) is 3.01. The summed E-state index contributed by atoms with van der Waals surface area (Å²) in [6.45, 7) is 6.94. The van der Waals surface area contributed by atoms with Gasteiger partial charge in [0.05, 0.1) is 6.10 Å². The number of hydrogen-bond acceptors (Lipinski definition) is 3. The molecule has 20 heavy (non-hydrogen) atoms. The lowest BCUT2D eigenvalue weighted by Crippen LogP contribution is -2.37. The molecule has 1 aromatic carbocycles. The van der Waals surface area contributed by atoms with Crippen LogP contribution in [0.4, 0.5) is 5.69 Å². The second-order valence-corrected chi connectivity index (χ2v) is 6.01. The minimum Gasteiger partial charge on any atom is -0.378 e. The van der Waals surface area contributed by atoms with Crippen molar-refractivity contribution in [3.8, 4) is 0 Å². The quantitative estimate of drug-likeness (QED) is 0.906. The van der Waals surface area contributed by atoms with Gasteiger partial charge in [-0.15, -0.1) is 0 Å². The molecular weight excluding hydrogens is 272 g/mol. The number of piperidine rings is 1. The predicted octanol–water partition coefficient (Wildman–Crippen LogP) is 3.24. The molecule has 0 aromatic heterocycles. The second-order valence-electron chi connectivity index (χ2n) is 5.60. The highest BCUT2D eigenvalue weighted by Gasteiger charge is 2.20. The summed E-state index contributed by atoms with van der Waals surface area (Å²) in [5.74, 6) is 0. The van der Waals surface area contributed by atoms with E-state index in [4.69, 9.17) is 22.1 Å². The summed E-state index contributed by atoms with van der Waals surface area (Å²) in [6, 6.07) is 6.47. The number of benzene rings is 1. The molecule has 0 amide bonds. The Bertz CT molecular complexity index is 428. The van der Waals surface area contributed by atoms with Crippen LogP contribution in [0.15, 0.2) is 18.2 Å². The molecule has 2 rings (SSSR count). The number of nitrogens with zero attached hydrogens (tertiary/aromatic N) is 1. The molecule has 0 spiro atoms. The molecular formula is C16H25ClN2O. The normalized spacial score (nSPS) is 18.3. The molecule has 1 aliphatic heterocycles. The Balaban J connectivity index is 1.98. The number of rotatable bonds is 5. The van der Waals surface area contributed by atoms with E-state index in [1.54, 1.807) is 0 Å². The third kappa shape index (κ3) is 4.11. The number of ether oxygens (including phenoxy) is 1. The van der Waals surface area contributed by atoms with Crippen LogP contribution < -0.4 is 10.6 Å². The van der Waals surface area contributed by atoms with Crippen LogP contribution in [-0.2, 0) is 11.2 Å². The molecule has 1 atom stereocenters. The maximum absolute atomic E-state index is 6.36. The Morgan fingerprint density at radius 1 is 1.40 bits per heavy atom. The average molecular weight is 297 g/mol. The van der Waals surface area contributed by atoms with E-state index in [9.17, 15) is 0 Å². The van der Waals surface area contributed by atoms with Crippen LogP contribution in [-0.4, -0.2) is 31.8 Å². The number of hydrogen-bond donors (Lipinski definition) is 1. The first-order chi connectivity index (χ1) is 9.60. The highest BCUT2D eigenvalue weighted by Crippen LogP contribution is 2.27. The molecule has 1 saturated heterocycles. The third-order valence-electron chi connectivity index (χ3n) is 3.79. The van der Waals surface area contributed by atoms with E-state index in [0.717, 1.165) is 49.5 Å². The van der Waals surface area contributed by atoms with Crippen LogP contribution in [0.25, 0.3) is 0 Å². The van der Waals surface area contributed by atoms with Gasteiger partial charge in [-0.3, -0.25) is 0 Å². The zero-order valence-electron chi connectivity index (χ0n) is 12.4. The van der Waals surface area contributed by atoms with Gasteiger partial charge in [0.2, 0.25) is 0 Å². The summed E-state index contributed by atoms with van der Waals surface area (Å²) >= 11 is 6.36. The van der Waals surface area contributed by atoms with Gasteiger partial charge in [-0.25, -0.2) is 0 Å². The van der Waals surface area contributed by atoms with Crippen LogP contribution in [0, 0.1) is 0 Å². The molecule has 1 unspecified atom stereocenters. The van der Waals surface area contributed by atoms with Crippen molar-refractivity contribution in [3.63, 3.8) is 0 Å². The number of anilines is 1. The van der Waals surface area contributed by atoms with Crippen LogP contribution in [0.2, 0.25) is 5.02 Å². The van der Waals surface area contributed by atoms with E-state index in [1.807, 2.05) is 6.92 Å². The van der Waals surface area contributed by atoms with Crippen molar-refractivity contribution in [2.75, 3.05) is 24.6 Å². The molecule has 0 bridgehead atoms. The molecule has 1 heterocycles. The van der Waals surface area contributed by atoms with Crippen molar-refractivity contribution in [2.24, 2.45) is 5.73 Å². The summed E-state index contributed by atoms with van der Waals surface area (Å²) in [4.78, 5) is 2.39. The van der Waals surface area contributed by atoms with Crippen LogP contribution in [0.3, 0.4) is 0 Å². The minimum atomic E-state index is 0.139. The fourth-order valence-electron chi connectivity index (χ4n) is 2.76. The summed E-state index contributed by atoms with van der Waals surface area (Å²) < 4.78 is 5.69. The van der Waals surface area contributed by atoms with Crippen LogP contribution in [0.5, 0.6) is 0 Å². The molecule has 3 nitrogen and oxygen atoms in total. The van der Waals surface area contributed by atoms with Crippen LogP contribution >= 0.6 is 11.6 Å². The van der Waals surface area contributed by atoms with Crippen molar-refractivity contribution in [3.05, 3.63) is 28.8 Å². The number of nitrogens with two attached hydrogens (primary N) is 1. The maximum Gasteiger partial charge on any atom is 0.0608 e. The lowest BCUT2D eigenvalue weighted by molar-refractivity contribution is 0.0459. The highest BCUT2D eigenvalue weighted by molar-refractivity contribution is 6.31. The lowest BCUT2D eigenvalue weighted by atomic mass is 10.0. The van der Waals surface area contributed by atoms with Gasteiger partial charge in [0.15, 0.2) is 0 Å². The van der Waals surface area contributed by atoms with Crippen molar-refractivity contribution in [1.29, 1.82) is 0 Å². The predicted molar refractivity (Wildman–Crippen MR) is 85.7 cm³/mol. The van der Waals surface area contributed by atoms with Gasteiger partial charge >= 0.3 is 0 Å². The average Bonchev–Trinajstić information content (AvgIpc) is 2.42. The zero-order chi connectivity index (χ0) is 14.5. The molecule has 0 radical (unpaired) electrons. The molecule has 0 aliphatic carbocycles.